The van der Waals surface area contributed by atoms with E-state index in [1.54, 1.807) is 18.2 Å². The number of aromatic nitrogens is 3. The second-order valence-corrected chi connectivity index (χ2v) is 7.48. The Morgan fingerprint density at radius 3 is 2.57 bits per heavy atom. The number of H-pyrrole nitrogens is 2. The van der Waals surface area contributed by atoms with E-state index in [0.717, 1.165) is 6.07 Å². The lowest BCUT2D eigenvalue weighted by atomic mass is 10.3. The second kappa shape index (κ2) is 6.82. The van der Waals surface area contributed by atoms with Gasteiger partial charge in [0, 0.05) is 18.0 Å². The first kappa shape index (κ1) is 17.7. The zero-order valence-electron chi connectivity index (χ0n) is 14.1. The minimum Gasteiger partial charge on any atom is -0.455 e. The van der Waals surface area contributed by atoms with Crippen molar-refractivity contribution in [3.63, 3.8) is 0 Å². The van der Waals surface area contributed by atoms with E-state index < -0.39 is 21.5 Å². The Morgan fingerprint density at radius 1 is 1.04 bits per heavy atom. The Balaban J connectivity index is 1.55. The number of fused-ring (bicyclic) bond motifs is 1. The summed E-state index contributed by atoms with van der Waals surface area (Å²) in [5.74, 6) is 0.165. The first-order valence-corrected chi connectivity index (χ1v) is 9.52. The van der Waals surface area contributed by atoms with Crippen molar-refractivity contribution < 1.29 is 17.5 Å². The fourth-order valence-electron chi connectivity index (χ4n) is 2.56. The lowest BCUT2D eigenvalue weighted by Crippen LogP contribution is -2.13. The molecule has 0 atom stereocenters. The molecule has 0 unspecified atom stereocenters. The predicted molar refractivity (Wildman–Crippen MR) is 100 cm³/mol. The Labute approximate surface area is 158 Å². The molecule has 10 heteroatoms. The van der Waals surface area contributed by atoms with Crippen LogP contribution >= 0.6 is 0 Å². The van der Waals surface area contributed by atoms with Crippen LogP contribution in [0.3, 0.4) is 0 Å². The molecule has 0 saturated heterocycles. The van der Waals surface area contributed by atoms with E-state index in [1.807, 2.05) is 0 Å². The van der Waals surface area contributed by atoms with Crippen LogP contribution in [0.1, 0.15) is 0 Å². The topological polar surface area (TPSA) is 117 Å². The fraction of sp³-hybridized carbons (Fsp3) is 0. The molecule has 4 aromatic rings. The van der Waals surface area contributed by atoms with Crippen molar-refractivity contribution in [3.05, 3.63) is 77.1 Å². The minimum absolute atomic E-state index is 0.177. The second-order valence-electron chi connectivity index (χ2n) is 5.80. The summed E-state index contributed by atoms with van der Waals surface area (Å²) < 4.78 is 46.0. The smallest absolute Gasteiger partial charge is 0.325 e. The summed E-state index contributed by atoms with van der Waals surface area (Å²) in [6, 6.07) is 12.4. The molecule has 2 heterocycles. The number of rotatable bonds is 5. The van der Waals surface area contributed by atoms with Crippen molar-refractivity contribution >= 4 is 26.9 Å². The van der Waals surface area contributed by atoms with Gasteiger partial charge in [-0.3, -0.25) is 9.71 Å². The average molecular weight is 400 g/mol. The molecule has 0 spiro atoms. The van der Waals surface area contributed by atoms with E-state index in [2.05, 4.69) is 19.7 Å². The largest absolute Gasteiger partial charge is 0.455 e. The van der Waals surface area contributed by atoms with Gasteiger partial charge in [0.2, 0.25) is 0 Å². The maximum absolute atomic E-state index is 13.3. The summed E-state index contributed by atoms with van der Waals surface area (Å²) in [5, 5.41) is 0. The van der Waals surface area contributed by atoms with Crippen LogP contribution in [0.5, 0.6) is 11.5 Å². The molecule has 0 amide bonds. The van der Waals surface area contributed by atoms with Gasteiger partial charge in [-0.2, -0.15) is 0 Å². The predicted octanol–water partition coefficient (Wildman–Crippen LogP) is 2.98. The molecule has 0 aliphatic heterocycles. The third-order valence-electron chi connectivity index (χ3n) is 3.82. The summed E-state index contributed by atoms with van der Waals surface area (Å²) in [7, 11) is -3.92. The molecule has 142 valence electrons. The number of ether oxygens (including phenoxy) is 1. The van der Waals surface area contributed by atoms with E-state index in [4.69, 9.17) is 4.74 Å². The third kappa shape index (κ3) is 3.58. The molecule has 0 radical (unpaired) electrons. The van der Waals surface area contributed by atoms with Gasteiger partial charge in [0.1, 0.15) is 17.1 Å². The van der Waals surface area contributed by atoms with Crippen LogP contribution in [0.15, 0.2) is 70.5 Å². The Bertz CT molecular complexity index is 1310. The molecule has 28 heavy (non-hydrogen) atoms. The lowest BCUT2D eigenvalue weighted by Gasteiger charge is -2.10. The molecule has 0 aliphatic carbocycles. The Kier molecular flexibility index (Phi) is 4.32. The number of hydrogen-bond acceptors (Lipinski definition) is 5. The van der Waals surface area contributed by atoms with Crippen LogP contribution in [-0.4, -0.2) is 23.4 Å². The van der Waals surface area contributed by atoms with E-state index >= 15 is 0 Å². The molecule has 8 nitrogen and oxygen atoms in total. The van der Waals surface area contributed by atoms with Crippen LogP contribution < -0.4 is 15.1 Å². The molecule has 0 saturated carbocycles. The first-order valence-electron chi connectivity index (χ1n) is 8.04. The normalized spacial score (nSPS) is 11.5. The molecule has 4 rings (SSSR count). The number of nitrogens with zero attached hydrogens (tertiary/aromatic N) is 1. The third-order valence-corrected chi connectivity index (χ3v) is 5.20. The number of pyridine rings is 1. The van der Waals surface area contributed by atoms with Gasteiger partial charge in [-0.25, -0.2) is 22.6 Å². The number of nitrogens with one attached hydrogen (secondary N) is 3. The molecule has 3 N–H and O–H groups in total. The highest BCUT2D eigenvalue weighted by molar-refractivity contribution is 7.92. The highest BCUT2D eigenvalue weighted by Gasteiger charge is 2.15. The highest BCUT2D eigenvalue weighted by Crippen LogP contribution is 2.27. The summed E-state index contributed by atoms with van der Waals surface area (Å²) in [4.78, 5) is 20.4. The average Bonchev–Trinajstić information content (AvgIpc) is 3.04. The van der Waals surface area contributed by atoms with Crippen LogP contribution in [-0.2, 0) is 10.0 Å². The zero-order valence-corrected chi connectivity index (χ0v) is 15.0. The molecule has 0 bridgehead atoms. The van der Waals surface area contributed by atoms with Crippen LogP contribution in [0.4, 0.5) is 10.1 Å². The van der Waals surface area contributed by atoms with Gasteiger partial charge in [-0.1, -0.05) is 6.07 Å². The summed E-state index contributed by atoms with van der Waals surface area (Å²) in [6.45, 7) is 0. The lowest BCUT2D eigenvalue weighted by molar-refractivity contribution is 0.487. The number of halogens is 1. The number of hydrogen-bond donors (Lipinski definition) is 3. The van der Waals surface area contributed by atoms with Crippen molar-refractivity contribution in [2.24, 2.45) is 0 Å². The molecule has 2 aromatic carbocycles. The standard InChI is InChI=1S/C18H13FN4O4S/c19-11-2-1-3-14(10-11)28(25,26)23-12-4-6-13(7-5-12)27-15-8-9-20-17-16(15)21-18(24)22-17/h1-10,23H,(H2,20,21,22,24). The number of benzene rings is 2. The number of anilines is 1. The van der Waals surface area contributed by atoms with Crippen LogP contribution in [0.25, 0.3) is 11.2 Å². The number of sulfonamides is 1. The molecule has 0 fully saturated rings. The van der Waals surface area contributed by atoms with E-state index in [9.17, 15) is 17.6 Å². The zero-order chi connectivity index (χ0) is 19.7. The quantitative estimate of drug-likeness (QED) is 0.476. The number of aromatic amines is 2. The van der Waals surface area contributed by atoms with Crippen molar-refractivity contribution in [2.75, 3.05) is 4.72 Å². The Hall–Kier alpha value is -3.66. The van der Waals surface area contributed by atoms with Gasteiger partial charge < -0.3 is 9.72 Å². The fourth-order valence-corrected chi connectivity index (χ4v) is 3.65. The van der Waals surface area contributed by atoms with Gasteiger partial charge in [0.15, 0.2) is 11.4 Å². The van der Waals surface area contributed by atoms with Crippen molar-refractivity contribution in [3.8, 4) is 11.5 Å². The molecule has 0 aliphatic rings. The highest BCUT2D eigenvalue weighted by atomic mass is 32.2. The van der Waals surface area contributed by atoms with Gasteiger partial charge >= 0.3 is 5.69 Å². The molecular weight excluding hydrogens is 387 g/mol. The number of imidazole rings is 1. The van der Waals surface area contributed by atoms with Crippen molar-refractivity contribution in [1.82, 2.24) is 15.0 Å². The molecular formula is C18H13FN4O4S. The summed E-state index contributed by atoms with van der Waals surface area (Å²) in [6.07, 6.45) is 1.49. The van der Waals surface area contributed by atoms with E-state index in [1.165, 1.54) is 36.5 Å². The maximum Gasteiger partial charge on any atom is 0.325 e. The van der Waals surface area contributed by atoms with Crippen LogP contribution in [0.2, 0.25) is 0 Å². The van der Waals surface area contributed by atoms with E-state index in [0.29, 0.717) is 22.7 Å². The first-order chi connectivity index (χ1) is 13.4. The van der Waals surface area contributed by atoms with Gasteiger partial charge in [-0.05, 0) is 42.5 Å². The maximum atomic E-state index is 13.3. The van der Waals surface area contributed by atoms with Crippen molar-refractivity contribution in [1.29, 1.82) is 0 Å². The SMILES string of the molecule is O=c1[nH]c2nccc(Oc3ccc(NS(=O)(=O)c4cccc(F)c4)cc3)c2[nH]1. The molecule has 2 aromatic heterocycles. The minimum atomic E-state index is -3.92. The monoisotopic (exact) mass is 400 g/mol. The summed E-state index contributed by atoms with van der Waals surface area (Å²) >= 11 is 0. The van der Waals surface area contributed by atoms with E-state index in [-0.39, 0.29) is 10.6 Å². The summed E-state index contributed by atoms with van der Waals surface area (Å²) in [5.41, 5.74) is 0.664. The van der Waals surface area contributed by atoms with Crippen molar-refractivity contribution in [2.45, 2.75) is 4.90 Å². The van der Waals surface area contributed by atoms with Gasteiger partial charge in [0.25, 0.3) is 10.0 Å². The van der Waals surface area contributed by atoms with Gasteiger partial charge in [-0.15, -0.1) is 0 Å². The van der Waals surface area contributed by atoms with Crippen LogP contribution in [0, 0.1) is 5.82 Å². The van der Waals surface area contributed by atoms with Gasteiger partial charge in [0.05, 0.1) is 4.90 Å². The Morgan fingerprint density at radius 2 is 1.82 bits per heavy atom.